The monoisotopic (exact) mass is 161 g/mol. The molecule has 1 aliphatic rings. The Bertz CT molecular complexity index is 216. The molecule has 0 aliphatic carbocycles. The van der Waals surface area contributed by atoms with Gasteiger partial charge in [-0.1, -0.05) is 18.2 Å². The molecular formula is C9H11NSi. The summed E-state index contributed by atoms with van der Waals surface area (Å²) >= 11 is 0. The molecule has 1 nitrogen and oxygen atoms in total. The zero-order valence-electron chi connectivity index (χ0n) is 6.46. The predicted molar refractivity (Wildman–Crippen MR) is 49.0 cm³/mol. The van der Waals surface area contributed by atoms with Crippen LogP contribution in [0.25, 0.3) is 0 Å². The van der Waals surface area contributed by atoms with Crippen molar-refractivity contribution >= 4 is 15.4 Å². The number of para-hydroxylation sites is 1. The zero-order valence-corrected chi connectivity index (χ0v) is 7.46. The van der Waals surface area contributed by atoms with Gasteiger partial charge in [0.05, 0.1) is 0 Å². The van der Waals surface area contributed by atoms with Crippen LogP contribution in [-0.4, -0.2) is 16.2 Å². The summed E-state index contributed by atoms with van der Waals surface area (Å²) in [5.74, 6) is 0. The lowest BCUT2D eigenvalue weighted by atomic mass is 10.3. The zero-order chi connectivity index (χ0) is 7.52. The van der Waals surface area contributed by atoms with Gasteiger partial charge in [0, 0.05) is 12.2 Å². The Hall–Kier alpha value is -0.763. The Labute approximate surface area is 69.9 Å². The van der Waals surface area contributed by atoms with E-state index in [2.05, 4.69) is 34.9 Å². The average Bonchev–Trinajstić information content (AvgIpc) is 2.58. The highest BCUT2D eigenvalue weighted by atomic mass is 28.2. The SMILES string of the molecule is c1ccc(N2CCC[Si]2)cc1. The number of anilines is 1. The molecule has 1 fully saturated rings. The fourth-order valence-electron chi connectivity index (χ4n) is 1.36. The van der Waals surface area contributed by atoms with Gasteiger partial charge in [-0.15, -0.1) is 0 Å². The molecule has 1 aliphatic heterocycles. The first-order chi connectivity index (χ1) is 5.47. The molecule has 1 heterocycles. The van der Waals surface area contributed by atoms with Gasteiger partial charge < -0.3 is 4.57 Å². The van der Waals surface area contributed by atoms with Crippen molar-refractivity contribution in [2.45, 2.75) is 12.5 Å². The van der Waals surface area contributed by atoms with Gasteiger partial charge in [-0.2, -0.15) is 0 Å². The van der Waals surface area contributed by atoms with E-state index in [0.29, 0.717) is 0 Å². The van der Waals surface area contributed by atoms with Crippen molar-refractivity contribution in [3.8, 4) is 0 Å². The standard InChI is InChI=1S/C9H11NSi/c1-2-5-9(6-3-1)10-7-4-8-11-10/h1-3,5-6H,4,7-8H2. The highest BCUT2D eigenvalue weighted by molar-refractivity contribution is 6.42. The summed E-state index contributed by atoms with van der Waals surface area (Å²) in [6.45, 7) is 1.25. The van der Waals surface area contributed by atoms with Crippen LogP contribution in [0.4, 0.5) is 5.69 Å². The Morgan fingerprint density at radius 1 is 1.18 bits per heavy atom. The van der Waals surface area contributed by atoms with E-state index in [1.807, 2.05) is 0 Å². The fourth-order valence-corrected chi connectivity index (χ4v) is 2.59. The second kappa shape index (κ2) is 3.09. The van der Waals surface area contributed by atoms with E-state index >= 15 is 0 Å². The summed E-state index contributed by atoms with van der Waals surface area (Å²) in [5, 5.41) is 0. The van der Waals surface area contributed by atoms with Crippen LogP contribution in [0.5, 0.6) is 0 Å². The van der Waals surface area contributed by atoms with E-state index < -0.39 is 0 Å². The van der Waals surface area contributed by atoms with Crippen molar-refractivity contribution in [3.63, 3.8) is 0 Å². The molecule has 56 valence electrons. The Balaban J connectivity index is 2.16. The van der Waals surface area contributed by atoms with E-state index in [-0.39, 0.29) is 0 Å². The van der Waals surface area contributed by atoms with Crippen LogP contribution in [0, 0.1) is 0 Å². The Morgan fingerprint density at radius 3 is 2.64 bits per heavy atom. The molecule has 0 atom stereocenters. The van der Waals surface area contributed by atoms with Crippen LogP contribution in [0.3, 0.4) is 0 Å². The first-order valence-electron chi connectivity index (χ1n) is 4.03. The van der Waals surface area contributed by atoms with Crippen LogP contribution in [-0.2, 0) is 0 Å². The maximum absolute atomic E-state index is 2.47. The smallest absolute Gasteiger partial charge is 0.180 e. The summed E-state index contributed by atoms with van der Waals surface area (Å²) in [4.78, 5) is 0. The van der Waals surface area contributed by atoms with Crippen molar-refractivity contribution in [2.75, 3.05) is 11.1 Å². The summed E-state index contributed by atoms with van der Waals surface area (Å²) in [7, 11) is 1.01. The molecule has 2 heteroatoms. The minimum Gasteiger partial charge on any atom is -0.398 e. The second-order valence-electron chi connectivity index (χ2n) is 2.75. The molecule has 2 rings (SSSR count). The lowest BCUT2D eigenvalue weighted by Crippen LogP contribution is -2.20. The van der Waals surface area contributed by atoms with Crippen LogP contribution in [0.2, 0.25) is 6.04 Å². The summed E-state index contributed by atoms with van der Waals surface area (Å²) in [6.07, 6.45) is 1.37. The lowest BCUT2D eigenvalue weighted by Gasteiger charge is -2.16. The maximum Gasteiger partial charge on any atom is 0.180 e. The van der Waals surface area contributed by atoms with Crippen molar-refractivity contribution < 1.29 is 0 Å². The molecule has 1 aromatic rings. The predicted octanol–water partition coefficient (Wildman–Crippen LogP) is 1.93. The van der Waals surface area contributed by atoms with Crippen molar-refractivity contribution in [3.05, 3.63) is 30.3 Å². The third kappa shape index (κ3) is 1.45. The van der Waals surface area contributed by atoms with Crippen molar-refractivity contribution in [1.29, 1.82) is 0 Å². The molecule has 0 bridgehead atoms. The van der Waals surface area contributed by atoms with Crippen LogP contribution >= 0.6 is 0 Å². The molecule has 2 radical (unpaired) electrons. The first-order valence-corrected chi connectivity index (χ1v) is 5.18. The number of rotatable bonds is 1. The maximum atomic E-state index is 2.47. The largest absolute Gasteiger partial charge is 0.398 e. The second-order valence-corrected chi connectivity index (χ2v) is 4.10. The Morgan fingerprint density at radius 2 is 2.00 bits per heavy atom. The number of nitrogens with zero attached hydrogens (tertiary/aromatic N) is 1. The van der Waals surface area contributed by atoms with E-state index in [1.54, 1.807) is 0 Å². The molecule has 11 heavy (non-hydrogen) atoms. The van der Waals surface area contributed by atoms with Gasteiger partial charge in [-0.25, -0.2) is 0 Å². The number of hydrogen-bond donors (Lipinski definition) is 0. The molecule has 0 unspecified atom stereocenters. The van der Waals surface area contributed by atoms with Gasteiger partial charge in [-0.3, -0.25) is 0 Å². The van der Waals surface area contributed by atoms with Gasteiger partial charge >= 0.3 is 0 Å². The van der Waals surface area contributed by atoms with Crippen molar-refractivity contribution in [1.82, 2.24) is 0 Å². The molecule has 1 saturated heterocycles. The highest BCUT2D eigenvalue weighted by Crippen LogP contribution is 2.17. The third-order valence-electron chi connectivity index (χ3n) is 1.93. The topological polar surface area (TPSA) is 3.24 Å². The van der Waals surface area contributed by atoms with Gasteiger partial charge in [0.15, 0.2) is 9.68 Å². The van der Waals surface area contributed by atoms with Gasteiger partial charge in [0.25, 0.3) is 0 Å². The third-order valence-corrected chi connectivity index (χ3v) is 3.37. The summed E-state index contributed by atoms with van der Waals surface area (Å²) < 4.78 is 2.47. The normalized spacial score (nSPS) is 17.3. The lowest BCUT2D eigenvalue weighted by molar-refractivity contribution is 0.982. The van der Waals surface area contributed by atoms with Crippen LogP contribution in [0.15, 0.2) is 30.3 Å². The highest BCUT2D eigenvalue weighted by Gasteiger charge is 2.12. The summed E-state index contributed by atoms with van der Waals surface area (Å²) in [6, 6.07) is 12.1. The van der Waals surface area contributed by atoms with Gasteiger partial charge in [0.2, 0.25) is 0 Å². The minimum atomic E-state index is 1.01. The quantitative estimate of drug-likeness (QED) is 0.569. The molecular weight excluding hydrogens is 150 g/mol. The molecule has 0 saturated carbocycles. The molecule has 0 aromatic heterocycles. The molecule has 1 aromatic carbocycles. The van der Waals surface area contributed by atoms with Gasteiger partial charge in [0.1, 0.15) is 0 Å². The van der Waals surface area contributed by atoms with E-state index in [0.717, 1.165) is 9.68 Å². The average molecular weight is 161 g/mol. The first kappa shape index (κ1) is 6.92. The Kier molecular flexibility index (Phi) is 1.94. The van der Waals surface area contributed by atoms with Crippen molar-refractivity contribution in [2.24, 2.45) is 0 Å². The van der Waals surface area contributed by atoms with E-state index in [9.17, 15) is 0 Å². The van der Waals surface area contributed by atoms with Crippen LogP contribution in [0.1, 0.15) is 6.42 Å². The molecule has 0 spiro atoms. The fraction of sp³-hybridized carbons (Fsp3) is 0.333. The van der Waals surface area contributed by atoms with Crippen LogP contribution < -0.4 is 4.57 Å². The van der Waals surface area contributed by atoms with E-state index in [1.165, 1.54) is 24.7 Å². The molecule has 0 N–H and O–H groups in total. The summed E-state index contributed by atoms with van der Waals surface area (Å²) in [5.41, 5.74) is 1.39. The molecule has 0 amide bonds. The number of hydrogen-bond acceptors (Lipinski definition) is 1. The van der Waals surface area contributed by atoms with Gasteiger partial charge in [-0.05, 0) is 24.6 Å². The van der Waals surface area contributed by atoms with E-state index in [4.69, 9.17) is 0 Å². The number of benzene rings is 1. The minimum absolute atomic E-state index is 1.01.